The first-order valence-electron chi connectivity index (χ1n) is 9.38. The standard InChI is InChI=1S/C24H17Cl2NO2/c1-23-20(21(28)27(22(23)29)19-13-17(25)12-18(26)14-19)24(23,15-8-4-2-5-9-15)16-10-6-3-7-11-16/h2-14,20H,1H3/t20-,23+/m0/s1. The van der Waals surface area contributed by atoms with Gasteiger partial charge in [-0.05, 0) is 36.2 Å². The molecule has 0 unspecified atom stereocenters. The number of piperidine rings is 1. The number of benzene rings is 3. The highest BCUT2D eigenvalue weighted by molar-refractivity contribution is 6.36. The number of hydrogen-bond acceptors (Lipinski definition) is 2. The van der Waals surface area contributed by atoms with Crippen LogP contribution in [0.5, 0.6) is 0 Å². The molecule has 2 fully saturated rings. The third kappa shape index (κ3) is 2.26. The quantitative estimate of drug-likeness (QED) is 0.524. The zero-order chi connectivity index (χ0) is 20.4. The van der Waals surface area contributed by atoms with E-state index in [4.69, 9.17) is 23.2 Å². The predicted octanol–water partition coefficient (Wildman–Crippen LogP) is 5.49. The minimum Gasteiger partial charge on any atom is -0.274 e. The van der Waals surface area contributed by atoms with Gasteiger partial charge in [0.2, 0.25) is 11.8 Å². The van der Waals surface area contributed by atoms with Crippen LogP contribution in [0.2, 0.25) is 10.0 Å². The van der Waals surface area contributed by atoms with Gasteiger partial charge in [-0.25, -0.2) is 4.90 Å². The maximum atomic E-state index is 13.7. The Balaban J connectivity index is 1.68. The van der Waals surface area contributed by atoms with Crippen molar-refractivity contribution in [1.29, 1.82) is 0 Å². The predicted molar refractivity (Wildman–Crippen MR) is 114 cm³/mol. The first-order valence-corrected chi connectivity index (χ1v) is 10.1. The van der Waals surface area contributed by atoms with Gasteiger partial charge in [0.15, 0.2) is 0 Å². The molecule has 3 aromatic rings. The Morgan fingerprint density at radius 2 is 1.28 bits per heavy atom. The zero-order valence-corrected chi connectivity index (χ0v) is 17.1. The van der Waals surface area contributed by atoms with Crippen LogP contribution < -0.4 is 4.90 Å². The summed E-state index contributed by atoms with van der Waals surface area (Å²) in [6, 6.07) is 24.4. The first-order chi connectivity index (χ1) is 13.9. The Kier molecular flexibility index (Phi) is 3.93. The number of nitrogens with zero attached hydrogens (tertiary/aromatic N) is 1. The summed E-state index contributed by atoms with van der Waals surface area (Å²) in [6.45, 7) is 1.89. The number of carbonyl (C=O) groups excluding carboxylic acids is 2. The minimum absolute atomic E-state index is 0.219. The second-order valence-electron chi connectivity index (χ2n) is 7.78. The van der Waals surface area contributed by atoms with Gasteiger partial charge in [-0.2, -0.15) is 0 Å². The third-order valence-electron chi connectivity index (χ3n) is 6.42. The molecule has 1 aliphatic heterocycles. The molecule has 0 aromatic heterocycles. The van der Waals surface area contributed by atoms with E-state index in [1.54, 1.807) is 18.2 Å². The SMILES string of the molecule is C[C@]12C(=O)N(c3cc(Cl)cc(Cl)c3)C(=O)[C@@H]1C2(c1ccccc1)c1ccccc1. The van der Waals surface area contributed by atoms with Crippen molar-refractivity contribution in [2.45, 2.75) is 12.3 Å². The van der Waals surface area contributed by atoms with E-state index in [0.717, 1.165) is 11.1 Å². The highest BCUT2D eigenvalue weighted by atomic mass is 35.5. The van der Waals surface area contributed by atoms with Crippen molar-refractivity contribution >= 4 is 40.7 Å². The van der Waals surface area contributed by atoms with E-state index in [1.165, 1.54) is 4.90 Å². The van der Waals surface area contributed by atoms with E-state index in [0.29, 0.717) is 15.7 Å². The zero-order valence-electron chi connectivity index (χ0n) is 15.6. The number of halogens is 2. The summed E-state index contributed by atoms with van der Waals surface area (Å²) in [5.74, 6) is -0.924. The van der Waals surface area contributed by atoms with Crippen LogP contribution in [0.4, 0.5) is 5.69 Å². The van der Waals surface area contributed by atoms with Crippen LogP contribution in [0.3, 0.4) is 0 Å². The van der Waals surface area contributed by atoms with Gasteiger partial charge in [0.1, 0.15) is 0 Å². The molecule has 2 aliphatic rings. The van der Waals surface area contributed by atoms with Crippen molar-refractivity contribution in [1.82, 2.24) is 0 Å². The summed E-state index contributed by atoms with van der Waals surface area (Å²) in [7, 11) is 0. The molecule has 0 bridgehead atoms. The van der Waals surface area contributed by atoms with E-state index < -0.39 is 16.7 Å². The van der Waals surface area contributed by atoms with Gasteiger partial charge in [0.25, 0.3) is 0 Å². The van der Waals surface area contributed by atoms with Gasteiger partial charge in [0, 0.05) is 15.5 Å². The summed E-state index contributed by atoms with van der Waals surface area (Å²) >= 11 is 12.2. The average molecular weight is 422 g/mol. The first kappa shape index (κ1) is 18.4. The highest BCUT2D eigenvalue weighted by Gasteiger charge is 2.86. The lowest BCUT2D eigenvalue weighted by molar-refractivity contribution is -0.125. The molecule has 3 nitrogen and oxygen atoms in total. The molecule has 5 rings (SSSR count). The number of fused-ring (bicyclic) bond motifs is 1. The number of carbonyl (C=O) groups is 2. The molecule has 0 radical (unpaired) electrons. The smallest absolute Gasteiger partial charge is 0.241 e. The topological polar surface area (TPSA) is 37.4 Å². The fourth-order valence-corrected chi connectivity index (χ4v) is 5.73. The van der Waals surface area contributed by atoms with Crippen LogP contribution >= 0.6 is 23.2 Å². The van der Waals surface area contributed by atoms with E-state index in [2.05, 4.69) is 0 Å². The summed E-state index contributed by atoms with van der Waals surface area (Å²) in [5, 5.41) is 0.771. The summed E-state index contributed by atoms with van der Waals surface area (Å²) in [6.07, 6.45) is 0. The number of hydrogen-bond donors (Lipinski definition) is 0. The maximum absolute atomic E-state index is 13.7. The summed E-state index contributed by atoms with van der Waals surface area (Å²) in [4.78, 5) is 28.5. The van der Waals surface area contributed by atoms with Crippen molar-refractivity contribution in [2.75, 3.05) is 4.90 Å². The van der Waals surface area contributed by atoms with Crippen LogP contribution in [0.1, 0.15) is 18.1 Å². The molecule has 144 valence electrons. The second kappa shape index (κ2) is 6.19. The Labute approximate surface area is 178 Å². The molecular formula is C24H17Cl2NO2. The summed E-state index contributed by atoms with van der Waals surface area (Å²) in [5.41, 5.74) is 0.818. The largest absolute Gasteiger partial charge is 0.274 e. The normalized spacial score (nSPS) is 24.5. The number of imide groups is 1. The van der Waals surface area contributed by atoms with E-state index in [-0.39, 0.29) is 11.8 Å². The molecule has 5 heteroatoms. The van der Waals surface area contributed by atoms with E-state index >= 15 is 0 Å². The van der Waals surface area contributed by atoms with E-state index in [9.17, 15) is 9.59 Å². The molecule has 1 aliphatic carbocycles. The number of rotatable bonds is 3. The van der Waals surface area contributed by atoms with Gasteiger partial charge in [-0.1, -0.05) is 83.9 Å². The molecule has 1 saturated heterocycles. The van der Waals surface area contributed by atoms with Gasteiger partial charge >= 0.3 is 0 Å². The lowest BCUT2D eigenvalue weighted by Gasteiger charge is -2.29. The van der Waals surface area contributed by atoms with E-state index in [1.807, 2.05) is 67.6 Å². The van der Waals surface area contributed by atoms with Gasteiger partial charge in [-0.15, -0.1) is 0 Å². The molecule has 3 aromatic carbocycles. The van der Waals surface area contributed by atoms with Crippen molar-refractivity contribution in [2.24, 2.45) is 11.3 Å². The molecular weight excluding hydrogens is 405 g/mol. The lowest BCUT2D eigenvalue weighted by Crippen LogP contribution is -2.42. The molecule has 1 heterocycles. The lowest BCUT2D eigenvalue weighted by atomic mass is 9.79. The minimum atomic E-state index is -0.873. The Hall–Kier alpha value is -2.62. The summed E-state index contributed by atoms with van der Waals surface area (Å²) < 4.78 is 0. The third-order valence-corrected chi connectivity index (χ3v) is 6.86. The number of amides is 2. The molecule has 2 amide bonds. The Bertz CT molecular complexity index is 1090. The van der Waals surface area contributed by atoms with Crippen molar-refractivity contribution in [3.63, 3.8) is 0 Å². The Morgan fingerprint density at radius 3 is 1.69 bits per heavy atom. The molecule has 29 heavy (non-hydrogen) atoms. The molecule has 0 spiro atoms. The van der Waals surface area contributed by atoms with Crippen LogP contribution in [0.15, 0.2) is 78.9 Å². The highest BCUT2D eigenvalue weighted by Crippen LogP contribution is 2.76. The van der Waals surface area contributed by atoms with Crippen molar-refractivity contribution in [3.8, 4) is 0 Å². The number of anilines is 1. The molecule has 2 atom stereocenters. The van der Waals surface area contributed by atoms with Crippen LogP contribution in [0, 0.1) is 11.3 Å². The van der Waals surface area contributed by atoms with Crippen LogP contribution in [-0.2, 0) is 15.0 Å². The van der Waals surface area contributed by atoms with Crippen molar-refractivity contribution < 1.29 is 9.59 Å². The van der Waals surface area contributed by atoms with Gasteiger partial charge < -0.3 is 0 Å². The molecule has 1 saturated carbocycles. The fourth-order valence-electron chi connectivity index (χ4n) is 5.22. The monoisotopic (exact) mass is 421 g/mol. The average Bonchev–Trinajstić information content (AvgIpc) is 3.23. The van der Waals surface area contributed by atoms with Crippen LogP contribution in [-0.4, -0.2) is 11.8 Å². The van der Waals surface area contributed by atoms with Crippen LogP contribution in [0.25, 0.3) is 0 Å². The molecule has 0 N–H and O–H groups in total. The maximum Gasteiger partial charge on any atom is 0.241 e. The second-order valence-corrected chi connectivity index (χ2v) is 8.65. The Morgan fingerprint density at radius 1 is 0.793 bits per heavy atom. The van der Waals surface area contributed by atoms with Crippen molar-refractivity contribution in [3.05, 3.63) is 100 Å². The van der Waals surface area contributed by atoms with Gasteiger partial charge in [0.05, 0.1) is 17.0 Å². The van der Waals surface area contributed by atoms with Gasteiger partial charge in [-0.3, -0.25) is 9.59 Å². The fraction of sp³-hybridized carbons (Fsp3) is 0.167.